The molecule has 1 N–H and O–H groups in total. The summed E-state index contributed by atoms with van der Waals surface area (Å²) in [5.74, 6) is 1.98. The number of urea groups is 1. The first kappa shape index (κ1) is 18.3. The lowest BCUT2D eigenvalue weighted by molar-refractivity contribution is 0.0563. The summed E-state index contributed by atoms with van der Waals surface area (Å²) in [6, 6.07) is 3.35. The number of amides is 2. The number of hydrogen-bond donors (Lipinski definition) is 1. The third kappa shape index (κ3) is 4.00. The summed E-state index contributed by atoms with van der Waals surface area (Å²) in [5.41, 5.74) is 0. The summed E-state index contributed by atoms with van der Waals surface area (Å²) in [4.78, 5) is 16.1. The highest BCUT2D eigenvalue weighted by Gasteiger charge is 2.48. The van der Waals surface area contributed by atoms with Gasteiger partial charge < -0.3 is 14.6 Å². The lowest BCUT2D eigenvalue weighted by Gasteiger charge is -2.43. The highest BCUT2D eigenvalue weighted by Crippen LogP contribution is 2.28. The number of sulfone groups is 1. The summed E-state index contributed by atoms with van der Waals surface area (Å²) in [7, 11) is -3.13. The zero-order valence-electron chi connectivity index (χ0n) is 14.9. The molecule has 3 heterocycles. The van der Waals surface area contributed by atoms with Gasteiger partial charge in [-0.05, 0) is 25.5 Å². The molecule has 1 aromatic rings. The van der Waals surface area contributed by atoms with Crippen molar-refractivity contribution < 1.29 is 17.6 Å². The van der Waals surface area contributed by atoms with E-state index in [0.717, 1.165) is 24.4 Å². The molecule has 0 aliphatic carbocycles. The minimum absolute atomic E-state index is 0.0462. The molecule has 0 unspecified atom stereocenters. The number of hydrogen-bond acceptors (Lipinski definition) is 5. The SMILES string of the molecule is CCCc1ccc(CN2CCN(C(=O)NCC)[C@@H]3CS(=O)(=O)C[C@@H]32)o1. The van der Waals surface area contributed by atoms with Crippen LogP contribution in [0.25, 0.3) is 0 Å². The van der Waals surface area contributed by atoms with E-state index in [-0.39, 0.29) is 29.6 Å². The smallest absolute Gasteiger partial charge is 0.317 e. The van der Waals surface area contributed by atoms with Crippen LogP contribution in [0.4, 0.5) is 4.79 Å². The van der Waals surface area contributed by atoms with E-state index in [0.29, 0.717) is 26.2 Å². The average molecular weight is 369 g/mol. The van der Waals surface area contributed by atoms with Gasteiger partial charge in [-0.1, -0.05) is 6.92 Å². The summed E-state index contributed by atoms with van der Waals surface area (Å²) in [6.07, 6.45) is 1.94. The van der Waals surface area contributed by atoms with Crippen LogP contribution in [-0.4, -0.2) is 67.5 Å². The van der Waals surface area contributed by atoms with Crippen molar-refractivity contribution in [3.05, 3.63) is 23.7 Å². The van der Waals surface area contributed by atoms with E-state index in [4.69, 9.17) is 4.42 Å². The molecular weight excluding hydrogens is 342 g/mol. The topological polar surface area (TPSA) is 82.9 Å². The van der Waals surface area contributed by atoms with Crippen molar-refractivity contribution in [2.45, 2.75) is 45.3 Å². The largest absolute Gasteiger partial charge is 0.465 e. The standard InChI is InChI=1S/C17H27N3O4S/c1-3-5-13-6-7-14(24-13)10-19-8-9-20(17(21)18-4-2)16-12-25(22,23)11-15(16)19/h6-7,15-16H,3-5,8-12H2,1-2H3,(H,18,21)/t15-,16+/m0/s1. The Morgan fingerprint density at radius 2 is 1.92 bits per heavy atom. The molecule has 2 atom stereocenters. The molecule has 2 amide bonds. The molecule has 0 aromatic carbocycles. The Morgan fingerprint density at radius 1 is 1.20 bits per heavy atom. The maximum Gasteiger partial charge on any atom is 0.317 e. The van der Waals surface area contributed by atoms with Crippen molar-refractivity contribution in [1.82, 2.24) is 15.1 Å². The number of aryl methyl sites for hydroxylation is 1. The molecule has 2 fully saturated rings. The Hall–Kier alpha value is -1.54. The predicted octanol–water partition coefficient (Wildman–Crippen LogP) is 1.24. The lowest BCUT2D eigenvalue weighted by atomic mass is 10.0. The Bertz CT molecular complexity index is 715. The molecule has 140 valence electrons. The summed E-state index contributed by atoms with van der Waals surface area (Å²) in [5, 5.41) is 2.79. The fourth-order valence-electron chi connectivity index (χ4n) is 3.81. The number of fused-ring (bicyclic) bond motifs is 1. The van der Waals surface area contributed by atoms with E-state index in [1.165, 1.54) is 0 Å². The molecule has 0 saturated carbocycles. The lowest BCUT2D eigenvalue weighted by Crippen LogP contribution is -2.61. The van der Waals surface area contributed by atoms with Crippen LogP contribution in [0.3, 0.4) is 0 Å². The molecule has 0 bridgehead atoms. The number of carbonyl (C=O) groups excluding carboxylic acids is 1. The van der Waals surface area contributed by atoms with Crippen LogP contribution >= 0.6 is 0 Å². The van der Waals surface area contributed by atoms with Gasteiger partial charge in [0.15, 0.2) is 9.84 Å². The van der Waals surface area contributed by atoms with Crippen LogP contribution in [0.5, 0.6) is 0 Å². The second kappa shape index (κ2) is 7.37. The van der Waals surface area contributed by atoms with E-state index in [9.17, 15) is 13.2 Å². The van der Waals surface area contributed by atoms with Crippen LogP contribution in [0.2, 0.25) is 0 Å². The Morgan fingerprint density at radius 3 is 2.64 bits per heavy atom. The quantitative estimate of drug-likeness (QED) is 0.844. The highest BCUT2D eigenvalue weighted by atomic mass is 32.2. The second-order valence-corrected chi connectivity index (χ2v) is 8.98. The summed E-state index contributed by atoms with van der Waals surface area (Å²) >= 11 is 0. The number of carbonyl (C=O) groups is 1. The Labute approximate surface area is 149 Å². The molecule has 1 aromatic heterocycles. The van der Waals surface area contributed by atoms with Gasteiger partial charge in [0.1, 0.15) is 11.5 Å². The molecule has 2 saturated heterocycles. The van der Waals surface area contributed by atoms with Gasteiger partial charge in [0.2, 0.25) is 0 Å². The predicted molar refractivity (Wildman–Crippen MR) is 95.1 cm³/mol. The molecule has 3 rings (SSSR count). The monoisotopic (exact) mass is 369 g/mol. The Balaban J connectivity index is 1.75. The van der Waals surface area contributed by atoms with Crippen LogP contribution in [0.1, 0.15) is 31.8 Å². The van der Waals surface area contributed by atoms with Gasteiger partial charge in [0, 0.05) is 32.1 Å². The molecule has 2 aliphatic heterocycles. The fourth-order valence-corrected chi connectivity index (χ4v) is 5.83. The van der Waals surface area contributed by atoms with Crippen molar-refractivity contribution >= 4 is 15.9 Å². The summed E-state index contributed by atoms with van der Waals surface area (Å²) in [6.45, 7) is 6.28. The first-order valence-corrected chi connectivity index (χ1v) is 10.8. The van der Waals surface area contributed by atoms with Gasteiger partial charge in [-0.3, -0.25) is 4.90 Å². The van der Waals surface area contributed by atoms with Crippen LogP contribution in [0.15, 0.2) is 16.5 Å². The number of furan rings is 1. The molecule has 25 heavy (non-hydrogen) atoms. The minimum Gasteiger partial charge on any atom is -0.465 e. The number of rotatable bonds is 5. The van der Waals surface area contributed by atoms with Gasteiger partial charge in [0.25, 0.3) is 0 Å². The molecule has 0 spiro atoms. The van der Waals surface area contributed by atoms with Crippen molar-refractivity contribution in [2.75, 3.05) is 31.1 Å². The zero-order chi connectivity index (χ0) is 18.0. The molecule has 7 nitrogen and oxygen atoms in total. The van der Waals surface area contributed by atoms with E-state index in [1.807, 2.05) is 19.1 Å². The second-order valence-electron chi connectivity index (χ2n) is 6.83. The highest BCUT2D eigenvalue weighted by molar-refractivity contribution is 7.91. The first-order chi connectivity index (χ1) is 11.9. The number of piperazine rings is 1. The van der Waals surface area contributed by atoms with Gasteiger partial charge in [0.05, 0.1) is 24.1 Å². The van der Waals surface area contributed by atoms with Crippen LogP contribution < -0.4 is 5.32 Å². The third-order valence-electron chi connectivity index (χ3n) is 4.95. The van der Waals surface area contributed by atoms with Crippen molar-refractivity contribution in [3.8, 4) is 0 Å². The van der Waals surface area contributed by atoms with E-state index >= 15 is 0 Å². The number of nitrogens with one attached hydrogen (secondary N) is 1. The van der Waals surface area contributed by atoms with Crippen molar-refractivity contribution in [1.29, 1.82) is 0 Å². The van der Waals surface area contributed by atoms with Crippen LogP contribution in [0, 0.1) is 0 Å². The Kier molecular flexibility index (Phi) is 5.38. The van der Waals surface area contributed by atoms with Gasteiger partial charge in [-0.15, -0.1) is 0 Å². The van der Waals surface area contributed by atoms with E-state index in [1.54, 1.807) is 4.90 Å². The molecule has 2 aliphatic rings. The maximum atomic E-state index is 12.3. The average Bonchev–Trinajstić information content (AvgIpc) is 3.11. The molecule has 0 radical (unpaired) electrons. The van der Waals surface area contributed by atoms with Gasteiger partial charge in [-0.25, -0.2) is 13.2 Å². The molecule has 8 heteroatoms. The third-order valence-corrected chi connectivity index (χ3v) is 6.65. The first-order valence-electron chi connectivity index (χ1n) is 9.00. The van der Waals surface area contributed by atoms with Crippen molar-refractivity contribution in [3.63, 3.8) is 0 Å². The summed E-state index contributed by atoms with van der Waals surface area (Å²) < 4.78 is 30.3. The minimum atomic E-state index is -3.13. The molecular formula is C17H27N3O4S. The maximum absolute atomic E-state index is 12.3. The van der Waals surface area contributed by atoms with Gasteiger partial charge in [-0.2, -0.15) is 0 Å². The van der Waals surface area contributed by atoms with Crippen molar-refractivity contribution in [2.24, 2.45) is 0 Å². The van der Waals surface area contributed by atoms with E-state index in [2.05, 4.69) is 17.1 Å². The zero-order valence-corrected chi connectivity index (χ0v) is 15.7. The normalized spacial score (nSPS) is 25.8. The number of nitrogens with zero attached hydrogens (tertiary/aromatic N) is 2. The van der Waals surface area contributed by atoms with Crippen LogP contribution in [-0.2, 0) is 22.8 Å². The fraction of sp³-hybridized carbons (Fsp3) is 0.706. The van der Waals surface area contributed by atoms with Gasteiger partial charge >= 0.3 is 6.03 Å². The van der Waals surface area contributed by atoms with E-state index < -0.39 is 9.84 Å².